The van der Waals surface area contributed by atoms with Gasteiger partial charge in [0.1, 0.15) is 0 Å². The summed E-state index contributed by atoms with van der Waals surface area (Å²) in [5.74, 6) is -0.373. The number of hydrogen-bond donors (Lipinski definition) is 1. The summed E-state index contributed by atoms with van der Waals surface area (Å²) < 4.78 is 43.5. The summed E-state index contributed by atoms with van der Waals surface area (Å²) in [6.07, 6.45) is -3.46. The largest absolute Gasteiger partial charge is 0.417 e. The highest BCUT2D eigenvalue weighted by atomic mass is 19.4. The zero-order valence-corrected chi connectivity index (χ0v) is 11.8. The second-order valence-corrected chi connectivity index (χ2v) is 4.77. The maximum absolute atomic E-state index is 12.8. The second kappa shape index (κ2) is 7.37. The molecule has 1 fully saturated rings. The van der Waals surface area contributed by atoms with Gasteiger partial charge in [-0.2, -0.15) is 18.3 Å². The number of halogens is 3. The summed E-state index contributed by atoms with van der Waals surface area (Å²) in [6.45, 7) is 2.56. The molecule has 0 spiro atoms. The first-order chi connectivity index (χ1) is 10.5. The number of ether oxygens (including phenoxy) is 1. The lowest BCUT2D eigenvalue weighted by Gasteiger charge is -2.25. The molecular formula is C14H16F3N3O2. The summed E-state index contributed by atoms with van der Waals surface area (Å²) in [5, 5.41) is 3.60. The monoisotopic (exact) mass is 315 g/mol. The first kappa shape index (κ1) is 16.4. The van der Waals surface area contributed by atoms with Crippen LogP contribution < -0.4 is 5.43 Å². The molecule has 120 valence electrons. The van der Waals surface area contributed by atoms with Crippen molar-refractivity contribution >= 4 is 12.1 Å². The third kappa shape index (κ3) is 4.81. The van der Waals surface area contributed by atoms with E-state index in [-0.39, 0.29) is 18.0 Å². The molecule has 2 rings (SSSR count). The van der Waals surface area contributed by atoms with Crippen molar-refractivity contribution in [3.8, 4) is 0 Å². The Morgan fingerprint density at radius 3 is 2.68 bits per heavy atom. The Morgan fingerprint density at radius 1 is 1.32 bits per heavy atom. The molecule has 0 aliphatic carbocycles. The van der Waals surface area contributed by atoms with Gasteiger partial charge in [0.15, 0.2) is 0 Å². The smallest absolute Gasteiger partial charge is 0.379 e. The van der Waals surface area contributed by atoms with Crippen molar-refractivity contribution in [3.05, 3.63) is 35.4 Å². The third-order valence-corrected chi connectivity index (χ3v) is 3.13. The highest BCUT2D eigenvalue weighted by Crippen LogP contribution is 2.30. The molecule has 0 saturated carbocycles. The molecule has 1 heterocycles. The van der Waals surface area contributed by atoms with Gasteiger partial charge in [-0.25, -0.2) is 5.43 Å². The zero-order valence-electron chi connectivity index (χ0n) is 11.8. The van der Waals surface area contributed by atoms with Crippen LogP contribution in [-0.4, -0.2) is 49.9 Å². The maximum Gasteiger partial charge on any atom is 0.417 e. The first-order valence-corrected chi connectivity index (χ1v) is 6.75. The Hall–Kier alpha value is -1.93. The van der Waals surface area contributed by atoms with Crippen molar-refractivity contribution in [2.24, 2.45) is 5.10 Å². The standard InChI is InChI=1S/C14H16F3N3O2/c15-14(16,17)12-4-2-1-3-11(12)9-18-19-13(21)10-20-5-7-22-8-6-20/h1-4,9H,5-8,10H2,(H,19,21)/b18-9-. The number of nitrogens with zero attached hydrogens (tertiary/aromatic N) is 2. The van der Waals surface area contributed by atoms with Gasteiger partial charge in [0.2, 0.25) is 0 Å². The van der Waals surface area contributed by atoms with Gasteiger partial charge in [-0.05, 0) is 6.07 Å². The van der Waals surface area contributed by atoms with E-state index >= 15 is 0 Å². The molecule has 0 unspecified atom stereocenters. The van der Waals surface area contributed by atoms with Gasteiger partial charge in [-0.1, -0.05) is 18.2 Å². The highest BCUT2D eigenvalue weighted by Gasteiger charge is 2.32. The van der Waals surface area contributed by atoms with Gasteiger partial charge in [0.25, 0.3) is 5.91 Å². The molecule has 1 aliphatic heterocycles. The van der Waals surface area contributed by atoms with E-state index in [1.165, 1.54) is 18.2 Å². The summed E-state index contributed by atoms with van der Waals surface area (Å²) >= 11 is 0. The number of rotatable bonds is 4. The van der Waals surface area contributed by atoms with Gasteiger partial charge in [0.05, 0.1) is 31.5 Å². The number of carbonyl (C=O) groups excluding carboxylic acids is 1. The van der Waals surface area contributed by atoms with E-state index in [0.29, 0.717) is 26.3 Å². The number of carbonyl (C=O) groups is 1. The fourth-order valence-corrected chi connectivity index (χ4v) is 2.04. The number of hydrogen-bond acceptors (Lipinski definition) is 4. The molecule has 1 aromatic rings. The molecular weight excluding hydrogens is 299 g/mol. The first-order valence-electron chi connectivity index (χ1n) is 6.75. The summed E-state index contributed by atoms with van der Waals surface area (Å²) in [7, 11) is 0. The van der Waals surface area contributed by atoms with Crippen LogP contribution >= 0.6 is 0 Å². The Kier molecular flexibility index (Phi) is 5.51. The number of morpholine rings is 1. The minimum absolute atomic E-state index is 0.0957. The van der Waals surface area contributed by atoms with Gasteiger partial charge in [-0.15, -0.1) is 0 Å². The van der Waals surface area contributed by atoms with Gasteiger partial charge in [0, 0.05) is 18.7 Å². The number of amides is 1. The van der Waals surface area contributed by atoms with E-state index in [2.05, 4.69) is 10.5 Å². The summed E-state index contributed by atoms with van der Waals surface area (Å²) in [4.78, 5) is 13.5. The second-order valence-electron chi connectivity index (χ2n) is 4.77. The van der Waals surface area contributed by atoms with E-state index < -0.39 is 11.7 Å². The van der Waals surface area contributed by atoms with Crippen LogP contribution in [0, 0.1) is 0 Å². The molecule has 1 aromatic carbocycles. The van der Waals surface area contributed by atoms with E-state index in [9.17, 15) is 18.0 Å². The Labute approximate surface area is 125 Å². The predicted molar refractivity (Wildman–Crippen MR) is 74.4 cm³/mol. The Balaban J connectivity index is 1.91. The maximum atomic E-state index is 12.8. The van der Waals surface area contributed by atoms with Crippen LogP contribution in [0.4, 0.5) is 13.2 Å². The molecule has 1 saturated heterocycles. The molecule has 0 radical (unpaired) electrons. The molecule has 22 heavy (non-hydrogen) atoms. The fourth-order valence-electron chi connectivity index (χ4n) is 2.04. The lowest BCUT2D eigenvalue weighted by molar-refractivity contribution is -0.137. The quantitative estimate of drug-likeness (QED) is 0.676. The normalized spacial score (nSPS) is 16.9. The lowest BCUT2D eigenvalue weighted by atomic mass is 10.1. The molecule has 0 aromatic heterocycles. The van der Waals surface area contributed by atoms with Crippen LogP contribution in [0.1, 0.15) is 11.1 Å². The average molecular weight is 315 g/mol. The number of hydrazone groups is 1. The van der Waals surface area contributed by atoms with Crippen molar-refractivity contribution < 1.29 is 22.7 Å². The van der Waals surface area contributed by atoms with Crippen molar-refractivity contribution in [2.75, 3.05) is 32.8 Å². The van der Waals surface area contributed by atoms with Crippen LogP contribution in [0.3, 0.4) is 0 Å². The van der Waals surface area contributed by atoms with Crippen LogP contribution in [0.15, 0.2) is 29.4 Å². The zero-order chi connectivity index (χ0) is 16.0. The van der Waals surface area contributed by atoms with E-state index in [4.69, 9.17) is 4.74 Å². The van der Waals surface area contributed by atoms with Crippen molar-refractivity contribution in [1.82, 2.24) is 10.3 Å². The number of nitrogens with one attached hydrogen (secondary N) is 1. The highest BCUT2D eigenvalue weighted by molar-refractivity contribution is 5.84. The SMILES string of the molecule is O=C(CN1CCOCC1)N/N=C\c1ccccc1C(F)(F)F. The Morgan fingerprint density at radius 2 is 2.00 bits per heavy atom. The topological polar surface area (TPSA) is 53.9 Å². The van der Waals surface area contributed by atoms with Crippen molar-refractivity contribution in [1.29, 1.82) is 0 Å². The van der Waals surface area contributed by atoms with Crippen LogP contribution in [0.25, 0.3) is 0 Å². The van der Waals surface area contributed by atoms with E-state index in [1.54, 1.807) is 0 Å². The average Bonchev–Trinajstić information content (AvgIpc) is 2.48. The van der Waals surface area contributed by atoms with Crippen molar-refractivity contribution in [2.45, 2.75) is 6.18 Å². The Bertz CT molecular complexity index is 540. The number of benzene rings is 1. The molecule has 8 heteroatoms. The van der Waals surface area contributed by atoms with Crippen LogP contribution in [0.5, 0.6) is 0 Å². The van der Waals surface area contributed by atoms with E-state index in [0.717, 1.165) is 12.3 Å². The van der Waals surface area contributed by atoms with Crippen molar-refractivity contribution in [3.63, 3.8) is 0 Å². The van der Waals surface area contributed by atoms with Gasteiger partial charge in [-0.3, -0.25) is 9.69 Å². The molecule has 0 atom stereocenters. The molecule has 1 N–H and O–H groups in total. The fraction of sp³-hybridized carbons (Fsp3) is 0.429. The van der Waals surface area contributed by atoms with E-state index in [1.807, 2.05) is 4.90 Å². The third-order valence-electron chi connectivity index (χ3n) is 3.13. The molecule has 1 aliphatic rings. The van der Waals surface area contributed by atoms with Crippen LogP contribution in [0.2, 0.25) is 0 Å². The van der Waals surface area contributed by atoms with Gasteiger partial charge >= 0.3 is 6.18 Å². The minimum atomic E-state index is -4.46. The molecule has 5 nitrogen and oxygen atoms in total. The van der Waals surface area contributed by atoms with Gasteiger partial charge < -0.3 is 4.74 Å². The molecule has 1 amide bonds. The number of alkyl halides is 3. The molecule has 0 bridgehead atoms. The lowest BCUT2D eigenvalue weighted by Crippen LogP contribution is -2.42. The minimum Gasteiger partial charge on any atom is -0.379 e. The predicted octanol–water partition coefficient (Wildman–Crippen LogP) is 1.49. The summed E-state index contributed by atoms with van der Waals surface area (Å²) in [5.41, 5.74) is 1.35. The summed E-state index contributed by atoms with van der Waals surface area (Å²) in [6, 6.07) is 5.04. The van der Waals surface area contributed by atoms with Crippen LogP contribution in [-0.2, 0) is 15.7 Å².